The van der Waals surface area contributed by atoms with Crippen molar-refractivity contribution in [2.45, 2.75) is 26.3 Å². The number of benzene rings is 1. The Morgan fingerprint density at radius 2 is 1.80 bits per heavy atom. The quantitative estimate of drug-likeness (QED) is 0.762. The SMILES string of the molecule is CC(C)(C)Nc1cccc2cccnc12. The molecule has 0 fully saturated rings. The van der Waals surface area contributed by atoms with E-state index in [0.29, 0.717) is 0 Å². The van der Waals surface area contributed by atoms with Crippen LogP contribution in [0.4, 0.5) is 5.69 Å². The minimum atomic E-state index is 0.0613. The average Bonchev–Trinajstić information content (AvgIpc) is 2.16. The lowest BCUT2D eigenvalue weighted by Crippen LogP contribution is -2.26. The standard InChI is InChI=1S/C13H16N2/c1-13(2,3)15-11-8-4-6-10-7-5-9-14-12(10)11/h4-9,15H,1-3H3. The summed E-state index contributed by atoms with van der Waals surface area (Å²) in [4.78, 5) is 4.40. The lowest BCUT2D eigenvalue weighted by Gasteiger charge is -2.22. The molecule has 1 aromatic carbocycles. The number of nitrogens with zero attached hydrogens (tertiary/aromatic N) is 1. The second kappa shape index (κ2) is 3.54. The van der Waals surface area contributed by atoms with Crippen LogP contribution in [0.2, 0.25) is 0 Å². The predicted octanol–water partition coefficient (Wildman–Crippen LogP) is 3.45. The van der Waals surface area contributed by atoms with Crippen molar-refractivity contribution in [3.8, 4) is 0 Å². The fourth-order valence-electron chi connectivity index (χ4n) is 1.61. The number of para-hydroxylation sites is 1. The molecule has 0 radical (unpaired) electrons. The Morgan fingerprint density at radius 1 is 1.07 bits per heavy atom. The number of rotatable bonds is 1. The third kappa shape index (κ3) is 2.27. The molecule has 1 aromatic heterocycles. The Balaban J connectivity index is 2.52. The van der Waals surface area contributed by atoms with Gasteiger partial charge in [0.1, 0.15) is 0 Å². The molecular formula is C13H16N2. The highest BCUT2D eigenvalue weighted by molar-refractivity contribution is 5.90. The summed E-state index contributed by atoms with van der Waals surface area (Å²) in [6.45, 7) is 6.44. The number of anilines is 1. The summed E-state index contributed by atoms with van der Waals surface area (Å²) in [5, 5.41) is 4.63. The van der Waals surface area contributed by atoms with Gasteiger partial charge in [0.05, 0.1) is 11.2 Å². The van der Waals surface area contributed by atoms with Gasteiger partial charge in [-0.3, -0.25) is 4.98 Å². The fourth-order valence-corrected chi connectivity index (χ4v) is 1.61. The number of hydrogen-bond donors (Lipinski definition) is 1. The van der Waals surface area contributed by atoms with E-state index in [1.54, 1.807) is 0 Å². The first-order valence-corrected chi connectivity index (χ1v) is 5.18. The molecule has 0 aliphatic rings. The van der Waals surface area contributed by atoms with Gasteiger partial charge >= 0.3 is 0 Å². The molecule has 0 saturated carbocycles. The third-order valence-electron chi connectivity index (χ3n) is 2.14. The van der Waals surface area contributed by atoms with Gasteiger partial charge in [0, 0.05) is 17.1 Å². The molecule has 0 aliphatic heterocycles. The zero-order chi connectivity index (χ0) is 10.9. The van der Waals surface area contributed by atoms with E-state index in [1.165, 1.54) is 5.39 Å². The van der Waals surface area contributed by atoms with Gasteiger partial charge in [0.2, 0.25) is 0 Å². The van der Waals surface area contributed by atoms with Crippen molar-refractivity contribution in [1.82, 2.24) is 4.98 Å². The van der Waals surface area contributed by atoms with Crippen LogP contribution in [0.1, 0.15) is 20.8 Å². The van der Waals surface area contributed by atoms with Gasteiger partial charge in [0.25, 0.3) is 0 Å². The van der Waals surface area contributed by atoms with Gasteiger partial charge in [-0.05, 0) is 32.9 Å². The predicted molar refractivity (Wildman–Crippen MR) is 65.1 cm³/mol. The zero-order valence-corrected chi connectivity index (χ0v) is 9.41. The highest BCUT2D eigenvalue weighted by atomic mass is 15.0. The van der Waals surface area contributed by atoms with Crippen LogP contribution in [0, 0.1) is 0 Å². The number of fused-ring (bicyclic) bond motifs is 1. The van der Waals surface area contributed by atoms with Crippen molar-refractivity contribution < 1.29 is 0 Å². The maximum Gasteiger partial charge on any atom is 0.0933 e. The van der Waals surface area contributed by atoms with E-state index in [0.717, 1.165) is 11.2 Å². The Morgan fingerprint density at radius 3 is 2.53 bits per heavy atom. The van der Waals surface area contributed by atoms with E-state index in [1.807, 2.05) is 12.3 Å². The second-order valence-corrected chi connectivity index (χ2v) is 4.76. The van der Waals surface area contributed by atoms with Crippen LogP contribution < -0.4 is 5.32 Å². The monoisotopic (exact) mass is 200 g/mol. The first-order valence-electron chi connectivity index (χ1n) is 5.18. The average molecular weight is 200 g/mol. The molecule has 0 aliphatic carbocycles. The van der Waals surface area contributed by atoms with Gasteiger partial charge < -0.3 is 5.32 Å². The van der Waals surface area contributed by atoms with E-state index in [9.17, 15) is 0 Å². The van der Waals surface area contributed by atoms with Crippen molar-refractivity contribution in [3.63, 3.8) is 0 Å². The molecule has 0 spiro atoms. The summed E-state index contributed by atoms with van der Waals surface area (Å²) >= 11 is 0. The minimum Gasteiger partial charge on any atom is -0.379 e. The summed E-state index contributed by atoms with van der Waals surface area (Å²) in [6, 6.07) is 10.2. The van der Waals surface area contributed by atoms with Crippen LogP contribution in [0.25, 0.3) is 10.9 Å². The Hall–Kier alpha value is -1.57. The van der Waals surface area contributed by atoms with E-state index in [4.69, 9.17) is 0 Å². The topological polar surface area (TPSA) is 24.9 Å². The summed E-state index contributed by atoms with van der Waals surface area (Å²) in [7, 11) is 0. The van der Waals surface area contributed by atoms with E-state index >= 15 is 0 Å². The summed E-state index contributed by atoms with van der Waals surface area (Å²) < 4.78 is 0. The maximum atomic E-state index is 4.40. The van der Waals surface area contributed by atoms with Crippen molar-refractivity contribution in [2.75, 3.05) is 5.32 Å². The van der Waals surface area contributed by atoms with Crippen LogP contribution in [-0.2, 0) is 0 Å². The van der Waals surface area contributed by atoms with Crippen LogP contribution >= 0.6 is 0 Å². The molecule has 0 bridgehead atoms. The maximum absolute atomic E-state index is 4.40. The van der Waals surface area contributed by atoms with Gasteiger partial charge in [-0.1, -0.05) is 18.2 Å². The molecule has 2 rings (SSSR count). The Kier molecular flexibility index (Phi) is 2.35. The highest BCUT2D eigenvalue weighted by Gasteiger charge is 2.11. The van der Waals surface area contributed by atoms with Gasteiger partial charge in [-0.25, -0.2) is 0 Å². The van der Waals surface area contributed by atoms with Gasteiger partial charge in [-0.2, -0.15) is 0 Å². The Labute approximate surface area is 90.3 Å². The second-order valence-electron chi connectivity index (χ2n) is 4.76. The van der Waals surface area contributed by atoms with Crippen molar-refractivity contribution in [3.05, 3.63) is 36.5 Å². The molecule has 2 aromatic rings. The summed E-state index contributed by atoms with van der Waals surface area (Å²) in [5.41, 5.74) is 2.20. The highest BCUT2D eigenvalue weighted by Crippen LogP contribution is 2.23. The van der Waals surface area contributed by atoms with Gasteiger partial charge in [0.15, 0.2) is 0 Å². The minimum absolute atomic E-state index is 0.0613. The number of nitrogens with one attached hydrogen (secondary N) is 1. The van der Waals surface area contributed by atoms with Crippen LogP contribution in [-0.4, -0.2) is 10.5 Å². The molecule has 78 valence electrons. The van der Waals surface area contributed by atoms with Crippen LogP contribution in [0.3, 0.4) is 0 Å². The number of aromatic nitrogens is 1. The molecular weight excluding hydrogens is 184 g/mol. The van der Waals surface area contributed by atoms with Crippen molar-refractivity contribution >= 4 is 16.6 Å². The van der Waals surface area contributed by atoms with Crippen molar-refractivity contribution in [1.29, 1.82) is 0 Å². The number of hydrogen-bond acceptors (Lipinski definition) is 2. The fraction of sp³-hybridized carbons (Fsp3) is 0.308. The van der Waals surface area contributed by atoms with Crippen molar-refractivity contribution in [2.24, 2.45) is 0 Å². The van der Waals surface area contributed by atoms with Gasteiger partial charge in [-0.15, -0.1) is 0 Å². The van der Waals surface area contributed by atoms with E-state index in [-0.39, 0.29) is 5.54 Å². The zero-order valence-electron chi connectivity index (χ0n) is 9.41. The first-order chi connectivity index (χ1) is 7.06. The molecule has 0 unspecified atom stereocenters. The van der Waals surface area contributed by atoms with E-state index in [2.05, 4.69) is 55.3 Å². The molecule has 15 heavy (non-hydrogen) atoms. The molecule has 0 amide bonds. The lowest BCUT2D eigenvalue weighted by atomic mass is 10.1. The molecule has 0 saturated heterocycles. The molecule has 1 N–H and O–H groups in total. The Bertz CT molecular complexity index is 464. The first kappa shape index (κ1) is 9.97. The molecule has 1 heterocycles. The lowest BCUT2D eigenvalue weighted by molar-refractivity contribution is 0.635. The van der Waals surface area contributed by atoms with Crippen LogP contribution in [0.5, 0.6) is 0 Å². The summed E-state index contributed by atoms with van der Waals surface area (Å²) in [6.07, 6.45) is 1.83. The smallest absolute Gasteiger partial charge is 0.0933 e. The molecule has 2 heteroatoms. The third-order valence-corrected chi connectivity index (χ3v) is 2.14. The van der Waals surface area contributed by atoms with Crippen LogP contribution in [0.15, 0.2) is 36.5 Å². The summed E-state index contributed by atoms with van der Waals surface area (Å²) in [5.74, 6) is 0. The largest absolute Gasteiger partial charge is 0.379 e. The normalized spacial score (nSPS) is 11.7. The van der Waals surface area contributed by atoms with E-state index < -0.39 is 0 Å². The molecule has 0 atom stereocenters. The molecule has 2 nitrogen and oxygen atoms in total. The number of pyridine rings is 1.